The van der Waals surface area contributed by atoms with Gasteiger partial charge in [-0.1, -0.05) is 18.2 Å². The zero-order valence-electron chi connectivity index (χ0n) is 7.22. The largest absolute Gasteiger partial charge is 0.387 e. The van der Waals surface area contributed by atoms with Gasteiger partial charge in [-0.3, -0.25) is 0 Å². The van der Waals surface area contributed by atoms with E-state index in [0.717, 1.165) is 6.07 Å². The Hall–Kier alpha value is -0.980. The summed E-state index contributed by atoms with van der Waals surface area (Å²) in [6.45, 7) is 0. The lowest BCUT2D eigenvalue weighted by Gasteiger charge is -2.09. The summed E-state index contributed by atoms with van der Waals surface area (Å²) >= 11 is 0. The summed E-state index contributed by atoms with van der Waals surface area (Å²) in [5.41, 5.74) is -0.0680. The third-order valence-electron chi connectivity index (χ3n) is 1.65. The van der Waals surface area contributed by atoms with Crippen molar-refractivity contribution in [3.63, 3.8) is 0 Å². The molecule has 1 rings (SSSR count). The predicted octanol–water partition coefficient (Wildman–Crippen LogP) is 0.148. The first-order chi connectivity index (χ1) is 6.40. The van der Waals surface area contributed by atoms with E-state index in [1.54, 1.807) is 0 Å². The normalized spacial score (nSPS) is 13.9. The van der Waals surface area contributed by atoms with Crippen LogP contribution < -0.4 is 5.14 Å². The van der Waals surface area contributed by atoms with E-state index in [2.05, 4.69) is 0 Å². The molecule has 78 valence electrons. The molecule has 0 aromatic heterocycles. The standard InChI is InChI=1S/C8H10FNO3S/c9-7-4-2-1-3-6(7)8(11)5-14(10,12)13/h1-4,8,11H,5H2,(H2,10,12,13)/t8-/m0/s1. The Morgan fingerprint density at radius 3 is 2.50 bits per heavy atom. The number of rotatable bonds is 3. The summed E-state index contributed by atoms with van der Waals surface area (Å²) in [6.07, 6.45) is -1.42. The maximum absolute atomic E-state index is 13.0. The van der Waals surface area contributed by atoms with Crippen molar-refractivity contribution in [2.75, 3.05) is 5.75 Å². The molecule has 0 aliphatic carbocycles. The van der Waals surface area contributed by atoms with E-state index in [9.17, 15) is 17.9 Å². The van der Waals surface area contributed by atoms with Crippen LogP contribution in [0.4, 0.5) is 4.39 Å². The van der Waals surface area contributed by atoms with Gasteiger partial charge < -0.3 is 5.11 Å². The summed E-state index contributed by atoms with van der Waals surface area (Å²) in [6, 6.07) is 5.40. The summed E-state index contributed by atoms with van der Waals surface area (Å²) in [5.74, 6) is -1.34. The van der Waals surface area contributed by atoms with Crippen LogP contribution in [0, 0.1) is 5.82 Å². The predicted molar refractivity (Wildman–Crippen MR) is 49.3 cm³/mol. The number of aliphatic hydroxyl groups is 1. The number of sulfonamides is 1. The van der Waals surface area contributed by atoms with Crippen LogP contribution in [0.5, 0.6) is 0 Å². The molecular weight excluding hydrogens is 209 g/mol. The van der Waals surface area contributed by atoms with Crippen LogP contribution in [0.1, 0.15) is 11.7 Å². The molecule has 6 heteroatoms. The first kappa shape index (κ1) is 11.1. The second-order valence-corrected chi connectivity index (χ2v) is 4.53. The zero-order valence-corrected chi connectivity index (χ0v) is 8.04. The van der Waals surface area contributed by atoms with Crippen LogP contribution in [0.15, 0.2) is 24.3 Å². The molecule has 0 saturated heterocycles. The van der Waals surface area contributed by atoms with Crippen LogP contribution in [0.3, 0.4) is 0 Å². The zero-order chi connectivity index (χ0) is 10.8. The molecule has 0 spiro atoms. The molecule has 4 nitrogen and oxygen atoms in total. The number of benzene rings is 1. The topological polar surface area (TPSA) is 80.4 Å². The fourth-order valence-corrected chi connectivity index (χ4v) is 1.67. The Balaban J connectivity index is 2.90. The quantitative estimate of drug-likeness (QED) is 0.759. The van der Waals surface area contributed by atoms with Gasteiger partial charge in [0, 0.05) is 5.56 Å². The Morgan fingerprint density at radius 1 is 1.43 bits per heavy atom. The minimum absolute atomic E-state index is 0.0680. The van der Waals surface area contributed by atoms with Crippen molar-refractivity contribution in [3.8, 4) is 0 Å². The maximum atomic E-state index is 13.0. The molecule has 0 saturated carbocycles. The van der Waals surface area contributed by atoms with Crippen molar-refractivity contribution in [1.29, 1.82) is 0 Å². The molecule has 3 N–H and O–H groups in total. The number of primary sulfonamides is 1. The van der Waals surface area contributed by atoms with Gasteiger partial charge in [0.25, 0.3) is 0 Å². The van der Waals surface area contributed by atoms with Gasteiger partial charge in [-0.25, -0.2) is 17.9 Å². The molecule has 0 bridgehead atoms. The maximum Gasteiger partial charge on any atom is 0.211 e. The summed E-state index contributed by atoms with van der Waals surface area (Å²) in [4.78, 5) is 0. The summed E-state index contributed by atoms with van der Waals surface area (Å²) in [7, 11) is -3.80. The van der Waals surface area contributed by atoms with Gasteiger partial charge >= 0.3 is 0 Å². The monoisotopic (exact) mass is 219 g/mol. The number of aliphatic hydroxyl groups excluding tert-OH is 1. The molecule has 0 amide bonds. The molecule has 0 heterocycles. The highest BCUT2D eigenvalue weighted by Crippen LogP contribution is 2.17. The minimum Gasteiger partial charge on any atom is -0.387 e. The number of hydrogen-bond acceptors (Lipinski definition) is 3. The van der Waals surface area contributed by atoms with E-state index in [0.29, 0.717) is 0 Å². The third kappa shape index (κ3) is 3.06. The number of halogens is 1. The van der Waals surface area contributed by atoms with Crippen molar-refractivity contribution >= 4 is 10.0 Å². The van der Waals surface area contributed by atoms with E-state index < -0.39 is 27.7 Å². The van der Waals surface area contributed by atoms with Gasteiger partial charge in [0.15, 0.2) is 0 Å². The average molecular weight is 219 g/mol. The molecule has 0 aliphatic rings. The molecule has 1 aromatic rings. The molecular formula is C8H10FNO3S. The lowest BCUT2D eigenvalue weighted by atomic mass is 10.1. The first-order valence-electron chi connectivity index (χ1n) is 3.83. The Kier molecular flexibility index (Phi) is 3.20. The fraction of sp³-hybridized carbons (Fsp3) is 0.250. The Labute approximate surface area is 81.2 Å². The highest BCUT2D eigenvalue weighted by Gasteiger charge is 2.17. The lowest BCUT2D eigenvalue weighted by molar-refractivity contribution is 0.196. The molecule has 0 fully saturated rings. The van der Waals surface area contributed by atoms with Gasteiger partial charge in [-0.15, -0.1) is 0 Å². The van der Waals surface area contributed by atoms with Crippen LogP contribution in [0.2, 0.25) is 0 Å². The van der Waals surface area contributed by atoms with E-state index in [1.807, 2.05) is 0 Å². The lowest BCUT2D eigenvalue weighted by Crippen LogP contribution is -2.22. The number of hydrogen-bond donors (Lipinski definition) is 2. The van der Waals surface area contributed by atoms with Crippen molar-refractivity contribution in [2.45, 2.75) is 6.10 Å². The summed E-state index contributed by atoms with van der Waals surface area (Å²) < 4.78 is 34.3. The number of nitrogens with two attached hydrogens (primary N) is 1. The van der Waals surface area contributed by atoms with E-state index >= 15 is 0 Å². The van der Waals surface area contributed by atoms with Crippen LogP contribution in [-0.2, 0) is 10.0 Å². The van der Waals surface area contributed by atoms with Crippen molar-refractivity contribution in [3.05, 3.63) is 35.6 Å². The molecule has 0 unspecified atom stereocenters. The minimum atomic E-state index is -3.80. The molecule has 0 aliphatic heterocycles. The van der Waals surface area contributed by atoms with Gasteiger partial charge in [0.05, 0.1) is 11.9 Å². The molecule has 14 heavy (non-hydrogen) atoms. The first-order valence-corrected chi connectivity index (χ1v) is 5.54. The fourth-order valence-electron chi connectivity index (χ4n) is 1.06. The highest BCUT2D eigenvalue weighted by molar-refractivity contribution is 7.89. The molecule has 1 aromatic carbocycles. The highest BCUT2D eigenvalue weighted by atomic mass is 32.2. The smallest absolute Gasteiger partial charge is 0.211 e. The SMILES string of the molecule is NS(=O)(=O)C[C@H](O)c1ccccc1F. The van der Waals surface area contributed by atoms with Crippen molar-refractivity contribution < 1.29 is 17.9 Å². The van der Waals surface area contributed by atoms with Gasteiger partial charge in [0.1, 0.15) is 5.82 Å². The molecule has 1 atom stereocenters. The van der Waals surface area contributed by atoms with Gasteiger partial charge in [-0.2, -0.15) is 0 Å². The second-order valence-electron chi connectivity index (χ2n) is 2.87. The molecule has 0 radical (unpaired) electrons. The van der Waals surface area contributed by atoms with Gasteiger partial charge in [-0.05, 0) is 6.07 Å². The van der Waals surface area contributed by atoms with E-state index in [-0.39, 0.29) is 5.56 Å². The third-order valence-corrected chi connectivity index (χ3v) is 2.43. The second kappa shape index (κ2) is 4.04. The van der Waals surface area contributed by atoms with E-state index in [1.165, 1.54) is 18.2 Å². The Morgan fingerprint density at radius 2 is 2.00 bits per heavy atom. The van der Waals surface area contributed by atoms with Crippen LogP contribution >= 0.6 is 0 Å². The van der Waals surface area contributed by atoms with Crippen LogP contribution in [0.25, 0.3) is 0 Å². The van der Waals surface area contributed by atoms with E-state index in [4.69, 9.17) is 5.14 Å². The van der Waals surface area contributed by atoms with Crippen molar-refractivity contribution in [2.24, 2.45) is 5.14 Å². The van der Waals surface area contributed by atoms with Gasteiger partial charge in [0.2, 0.25) is 10.0 Å². The summed E-state index contributed by atoms with van der Waals surface area (Å²) in [5, 5.41) is 14.1. The van der Waals surface area contributed by atoms with Crippen LogP contribution in [-0.4, -0.2) is 19.3 Å². The average Bonchev–Trinajstić information content (AvgIpc) is 2.01. The van der Waals surface area contributed by atoms with Crippen molar-refractivity contribution in [1.82, 2.24) is 0 Å². The Bertz CT molecular complexity index is 418.